The minimum atomic E-state index is -0.570. The molecule has 1 saturated heterocycles. The summed E-state index contributed by atoms with van der Waals surface area (Å²) in [4.78, 5) is 16.8. The molecule has 0 radical (unpaired) electrons. The van der Waals surface area contributed by atoms with Crippen LogP contribution in [0.25, 0.3) is 0 Å². The van der Waals surface area contributed by atoms with E-state index in [-0.39, 0.29) is 5.91 Å². The topological polar surface area (TPSA) is 49.6 Å². The van der Waals surface area contributed by atoms with Gasteiger partial charge in [0.25, 0.3) is 0 Å². The molecule has 0 aromatic carbocycles. The van der Waals surface area contributed by atoms with Gasteiger partial charge in [0.1, 0.15) is 0 Å². The standard InChI is InChI=1S/C14H27N3O/c1-11-9-17(10-12(11)16(2)3)13(18)14(15)7-5-4-6-8-14/h11-12H,4-10,15H2,1-3H3. The lowest BCUT2D eigenvalue weighted by molar-refractivity contribution is -0.137. The Bertz CT molecular complexity index is 310. The molecule has 18 heavy (non-hydrogen) atoms. The first-order valence-electron chi connectivity index (χ1n) is 7.19. The average molecular weight is 253 g/mol. The highest BCUT2D eigenvalue weighted by atomic mass is 16.2. The van der Waals surface area contributed by atoms with E-state index in [1.807, 2.05) is 4.90 Å². The van der Waals surface area contributed by atoms with Gasteiger partial charge in [-0.1, -0.05) is 26.2 Å². The maximum absolute atomic E-state index is 12.6. The molecule has 0 bridgehead atoms. The molecule has 0 aromatic rings. The zero-order chi connectivity index (χ0) is 13.3. The first-order chi connectivity index (χ1) is 8.44. The van der Waals surface area contributed by atoms with E-state index in [0.29, 0.717) is 12.0 Å². The molecular formula is C14H27N3O. The number of likely N-dealkylation sites (N-methyl/N-ethyl adjacent to an activating group) is 1. The summed E-state index contributed by atoms with van der Waals surface area (Å²) in [5.74, 6) is 0.731. The van der Waals surface area contributed by atoms with Gasteiger partial charge in [-0.25, -0.2) is 0 Å². The van der Waals surface area contributed by atoms with Crippen LogP contribution in [-0.2, 0) is 4.79 Å². The Hall–Kier alpha value is -0.610. The van der Waals surface area contributed by atoms with Crippen LogP contribution in [-0.4, -0.2) is 54.5 Å². The van der Waals surface area contributed by atoms with Crippen LogP contribution in [0.3, 0.4) is 0 Å². The zero-order valence-electron chi connectivity index (χ0n) is 12.0. The van der Waals surface area contributed by atoms with Crippen molar-refractivity contribution in [2.45, 2.75) is 50.6 Å². The average Bonchev–Trinajstić information content (AvgIpc) is 2.71. The molecule has 0 aromatic heterocycles. The highest BCUT2D eigenvalue weighted by Crippen LogP contribution is 2.30. The quantitative estimate of drug-likeness (QED) is 0.800. The highest BCUT2D eigenvalue weighted by molar-refractivity contribution is 5.86. The van der Waals surface area contributed by atoms with Crippen LogP contribution >= 0.6 is 0 Å². The SMILES string of the molecule is CC1CN(C(=O)C2(N)CCCCC2)CC1N(C)C. The zero-order valence-corrected chi connectivity index (χ0v) is 12.0. The van der Waals surface area contributed by atoms with Gasteiger partial charge in [-0.3, -0.25) is 4.79 Å². The molecule has 2 N–H and O–H groups in total. The number of hydrogen-bond acceptors (Lipinski definition) is 3. The highest BCUT2D eigenvalue weighted by Gasteiger charge is 2.42. The number of amides is 1. The number of carbonyl (C=O) groups is 1. The summed E-state index contributed by atoms with van der Waals surface area (Å²) in [6.45, 7) is 3.93. The Balaban J connectivity index is 2.02. The summed E-state index contributed by atoms with van der Waals surface area (Å²) in [6.07, 6.45) is 5.15. The fraction of sp³-hybridized carbons (Fsp3) is 0.929. The van der Waals surface area contributed by atoms with Crippen LogP contribution in [0, 0.1) is 5.92 Å². The number of nitrogens with two attached hydrogens (primary N) is 1. The molecule has 1 saturated carbocycles. The van der Waals surface area contributed by atoms with Gasteiger partial charge in [0, 0.05) is 19.1 Å². The third-order valence-corrected chi connectivity index (χ3v) is 4.69. The molecule has 2 rings (SSSR count). The van der Waals surface area contributed by atoms with E-state index < -0.39 is 5.54 Å². The molecular weight excluding hydrogens is 226 g/mol. The summed E-state index contributed by atoms with van der Waals surface area (Å²) in [5, 5.41) is 0. The second-order valence-electron chi connectivity index (χ2n) is 6.44. The lowest BCUT2D eigenvalue weighted by Crippen LogP contribution is -2.56. The van der Waals surface area contributed by atoms with Gasteiger partial charge in [-0.05, 0) is 32.9 Å². The normalized spacial score (nSPS) is 31.9. The largest absolute Gasteiger partial charge is 0.339 e. The first-order valence-corrected chi connectivity index (χ1v) is 7.19. The molecule has 4 nitrogen and oxygen atoms in total. The predicted molar refractivity (Wildman–Crippen MR) is 73.2 cm³/mol. The van der Waals surface area contributed by atoms with E-state index in [0.717, 1.165) is 38.8 Å². The van der Waals surface area contributed by atoms with E-state index >= 15 is 0 Å². The van der Waals surface area contributed by atoms with Crippen molar-refractivity contribution in [1.29, 1.82) is 0 Å². The second kappa shape index (κ2) is 5.17. The Kier molecular flexibility index (Phi) is 3.97. The monoisotopic (exact) mass is 253 g/mol. The molecule has 2 atom stereocenters. The lowest BCUT2D eigenvalue weighted by atomic mass is 9.81. The van der Waals surface area contributed by atoms with E-state index in [9.17, 15) is 4.79 Å². The number of nitrogens with zero attached hydrogens (tertiary/aromatic N) is 2. The Labute approximate surface area is 110 Å². The number of likely N-dealkylation sites (tertiary alicyclic amines) is 1. The van der Waals surface area contributed by atoms with Crippen LogP contribution in [0.4, 0.5) is 0 Å². The molecule has 1 heterocycles. The Morgan fingerprint density at radius 2 is 1.83 bits per heavy atom. The smallest absolute Gasteiger partial charge is 0.242 e. The van der Waals surface area contributed by atoms with Gasteiger partial charge < -0.3 is 15.5 Å². The summed E-state index contributed by atoms with van der Waals surface area (Å²) in [6, 6.07) is 0.473. The molecule has 2 aliphatic rings. The summed E-state index contributed by atoms with van der Waals surface area (Å²) < 4.78 is 0. The first kappa shape index (κ1) is 13.8. The van der Waals surface area contributed by atoms with E-state index in [1.54, 1.807) is 0 Å². The summed E-state index contributed by atoms with van der Waals surface area (Å²) >= 11 is 0. The van der Waals surface area contributed by atoms with Crippen LogP contribution in [0.1, 0.15) is 39.0 Å². The third-order valence-electron chi connectivity index (χ3n) is 4.69. The minimum absolute atomic E-state index is 0.193. The van der Waals surface area contributed by atoms with E-state index in [4.69, 9.17) is 5.73 Å². The molecule has 1 amide bonds. The van der Waals surface area contributed by atoms with E-state index in [2.05, 4.69) is 25.9 Å². The molecule has 2 fully saturated rings. The van der Waals surface area contributed by atoms with Crippen molar-refractivity contribution in [3.8, 4) is 0 Å². The van der Waals surface area contributed by atoms with Crippen molar-refractivity contribution >= 4 is 5.91 Å². The maximum Gasteiger partial charge on any atom is 0.242 e. The molecule has 1 aliphatic heterocycles. The molecule has 2 unspecified atom stereocenters. The van der Waals surface area contributed by atoms with Gasteiger partial charge >= 0.3 is 0 Å². The fourth-order valence-electron chi connectivity index (χ4n) is 3.50. The molecule has 1 aliphatic carbocycles. The van der Waals surface area contributed by atoms with Gasteiger partial charge in [-0.2, -0.15) is 0 Å². The van der Waals surface area contributed by atoms with Crippen LogP contribution in [0.5, 0.6) is 0 Å². The van der Waals surface area contributed by atoms with Crippen LogP contribution in [0.2, 0.25) is 0 Å². The van der Waals surface area contributed by atoms with Crippen molar-refractivity contribution < 1.29 is 4.79 Å². The van der Waals surface area contributed by atoms with Gasteiger partial charge in [-0.15, -0.1) is 0 Å². The third kappa shape index (κ3) is 2.54. The molecule has 4 heteroatoms. The van der Waals surface area contributed by atoms with Crippen molar-refractivity contribution in [3.05, 3.63) is 0 Å². The second-order valence-corrected chi connectivity index (χ2v) is 6.44. The van der Waals surface area contributed by atoms with Gasteiger partial charge in [0.2, 0.25) is 5.91 Å². The lowest BCUT2D eigenvalue weighted by Gasteiger charge is -2.35. The van der Waals surface area contributed by atoms with Crippen molar-refractivity contribution in [2.75, 3.05) is 27.2 Å². The summed E-state index contributed by atoms with van der Waals surface area (Å²) in [7, 11) is 4.18. The molecule has 104 valence electrons. The van der Waals surface area contributed by atoms with Crippen molar-refractivity contribution in [3.63, 3.8) is 0 Å². The summed E-state index contributed by atoms with van der Waals surface area (Å²) in [5.41, 5.74) is 5.77. The predicted octanol–water partition coefficient (Wildman–Crippen LogP) is 1.06. The van der Waals surface area contributed by atoms with Crippen LogP contribution < -0.4 is 5.73 Å². The van der Waals surface area contributed by atoms with Gasteiger partial charge in [0.15, 0.2) is 0 Å². The Morgan fingerprint density at radius 3 is 2.33 bits per heavy atom. The van der Waals surface area contributed by atoms with Crippen molar-refractivity contribution in [1.82, 2.24) is 9.80 Å². The molecule has 0 spiro atoms. The Morgan fingerprint density at radius 1 is 1.22 bits per heavy atom. The number of rotatable bonds is 2. The number of carbonyl (C=O) groups excluding carboxylic acids is 1. The number of hydrogen-bond donors (Lipinski definition) is 1. The minimum Gasteiger partial charge on any atom is -0.339 e. The van der Waals surface area contributed by atoms with Crippen LogP contribution in [0.15, 0.2) is 0 Å². The van der Waals surface area contributed by atoms with Gasteiger partial charge in [0.05, 0.1) is 5.54 Å². The van der Waals surface area contributed by atoms with E-state index in [1.165, 1.54) is 6.42 Å². The fourth-order valence-corrected chi connectivity index (χ4v) is 3.50. The van der Waals surface area contributed by atoms with Crippen molar-refractivity contribution in [2.24, 2.45) is 11.7 Å². The maximum atomic E-state index is 12.6.